The van der Waals surface area contributed by atoms with Crippen molar-refractivity contribution in [3.63, 3.8) is 0 Å². The van der Waals surface area contributed by atoms with Crippen molar-refractivity contribution >= 4 is 17.6 Å². The summed E-state index contributed by atoms with van der Waals surface area (Å²) in [5.74, 6) is -0.953. The number of likely N-dealkylation sites (tertiary alicyclic amines) is 1. The molecule has 1 aliphatic rings. The molecule has 0 saturated carbocycles. The standard InChI is InChI=1S/C27H27FN2O3/c1-18-12-14-19(15-13-18)25(29-23-10-4-3-9-22(23)28)26(31)30-16-6-11-24(30)20-7-5-8-21(17-20)27(32)33-2/h3-5,7-10,12-15,17,24-25,29H,6,11,16H2,1-2H3/t24-,25?/m0/s1. The van der Waals surface area contributed by atoms with Crippen molar-refractivity contribution < 1.29 is 18.7 Å². The zero-order valence-corrected chi connectivity index (χ0v) is 18.8. The van der Waals surface area contributed by atoms with Crippen LogP contribution in [0, 0.1) is 12.7 Å². The molecule has 0 spiro atoms. The van der Waals surface area contributed by atoms with Gasteiger partial charge in [-0.25, -0.2) is 9.18 Å². The number of amides is 1. The number of esters is 1. The minimum Gasteiger partial charge on any atom is -0.465 e. The predicted molar refractivity (Wildman–Crippen MR) is 125 cm³/mol. The van der Waals surface area contributed by atoms with E-state index in [0.29, 0.717) is 12.1 Å². The lowest BCUT2D eigenvalue weighted by atomic mass is 9.99. The summed E-state index contributed by atoms with van der Waals surface area (Å²) in [4.78, 5) is 27.7. The van der Waals surface area contributed by atoms with E-state index < -0.39 is 17.8 Å². The van der Waals surface area contributed by atoms with Crippen LogP contribution in [0.1, 0.15) is 52.0 Å². The van der Waals surface area contributed by atoms with Crippen molar-refractivity contribution in [2.75, 3.05) is 19.0 Å². The highest BCUT2D eigenvalue weighted by molar-refractivity contribution is 5.90. The van der Waals surface area contributed by atoms with E-state index in [1.807, 2.05) is 42.2 Å². The zero-order chi connectivity index (χ0) is 23.4. The van der Waals surface area contributed by atoms with Gasteiger partial charge in [0.15, 0.2) is 0 Å². The molecule has 1 heterocycles. The van der Waals surface area contributed by atoms with Crippen LogP contribution in [-0.2, 0) is 9.53 Å². The van der Waals surface area contributed by atoms with Crippen LogP contribution in [0.25, 0.3) is 0 Å². The maximum atomic E-state index is 14.4. The van der Waals surface area contributed by atoms with Gasteiger partial charge in [-0.05, 0) is 55.2 Å². The molecule has 0 bridgehead atoms. The van der Waals surface area contributed by atoms with Gasteiger partial charge in [0.2, 0.25) is 5.91 Å². The number of halogens is 1. The molecule has 170 valence electrons. The molecule has 6 heteroatoms. The average Bonchev–Trinajstić information content (AvgIpc) is 3.33. The maximum absolute atomic E-state index is 14.4. The molecule has 1 amide bonds. The molecular weight excluding hydrogens is 419 g/mol. The second-order valence-electron chi connectivity index (χ2n) is 8.27. The van der Waals surface area contributed by atoms with Crippen LogP contribution in [0.4, 0.5) is 10.1 Å². The van der Waals surface area contributed by atoms with Crippen LogP contribution in [0.2, 0.25) is 0 Å². The monoisotopic (exact) mass is 446 g/mol. The Bertz CT molecular complexity index is 1150. The number of nitrogens with zero attached hydrogens (tertiary/aromatic N) is 1. The lowest BCUT2D eigenvalue weighted by molar-refractivity contribution is -0.133. The molecule has 1 aliphatic heterocycles. The fourth-order valence-electron chi connectivity index (χ4n) is 4.31. The summed E-state index contributed by atoms with van der Waals surface area (Å²) < 4.78 is 19.3. The Morgan fingerprint density at radius 3 is 2.55 bits per heavy atom. The molecule has 3 aromatic carbocycles. The fraction of sp³-hybridized carbons (Fsp3) is 0.259. The molecule has 1 saturated heterocycles. The first-order valence-electron chi connectivity index (χ1n) is 11.0. The van der Waals surface area contributed by atoms with E-state index in [0.717, 1.165) is 29.5 Å². The molecule has 0 aromatic heterocycles. The SMILES string of the molecule is COC(=O)c1cccc([C@@H]2CCCN2C(=O)C(Nc2ccccc2F)c2ccc(C)cc2)c1. The van der Waals surface area contributed by atoms with Gasteiger partial charge in [-0.1, -0.05) is 54.1 Å². The third-order valence-corrected chi connectivity index (χ3v) is 6.06. The number of para-hydroxylation sites is 1. The van der Waals surface area contributed by atoms with Crippen LogP contribution in [0.15, 0.2) is 72.8 Å². The van der Waals surface area contributed by atoms with Crippen molar-refractivity contribution in [1.29, 1.82) is 0 Å². The summed E-state index contributed by atoms with van der Waals surface area (Å²) in [6.07, 6.45) is 1.63. The molecule has 2 atom stereocenters. The van der Waals surface area contributed by atoms with E-state index >= 15 is 0 Å². The largest absolute Gasteiger partial charge is 0.465 e. The molecule has 1 unspecified atom stereocenters. The summed E-state index contributed by atoms with van der Waals surface area (Å²) >= 11 is 0. The van der Waals surface area contributed by atoms with Crippen molar-refractivity contribution in [2.24, 2.45) is 0 Å². The molecule has 0 radical (unpaired) electrons. The van der Waals surface area contributed by atoms with E-state index in [9.17, 15) is 14.0 Å². The van der Waals surface area contributed by atoms with Crippen LogP contribution < -0.4 is 5.32 Å². The maximum Gasteiger partial charge on any atom is 0.337 e. The number of rotatable bonds is 6. The molecule has 0 aliphatic carbocycles. The van der Waals surface area contributed by atoms with Crippen LogP contribution in [0.5, 0.6) is 0 Å². The number of benzene rings is 3. The fourth-order valence-corrected chi connectivity index (χ4v) is 4.31. The van der Waals surface area contributed by atoms with E-state index in [2.05, 4.69) is 5.32 Å². The number of nitrogens with one attached hydrogen (secondary N) is 1. The van der Waals surface area contributed by atoms with Crippen LogP contribution >= 0.6 is 0 Å². The van der Waals surface area contributed by atoms with E-state index in [-0.39, 0.29) is 17.6 Å². The molecule has 5 nitrogen and oxygen atoms in total. The highest BCUT2D eigenvalue weighted by Crippen LogP contribution is 2.36. The normalized spacial score (nSPS) is 16.3. The Balaban J connectivity index is 1.67. The Hall–Kier alpha value is -3.67. The number of anilines is 1. The third kappa shape index (κ3) is 4.90. The van der Waals surface area contributed by atoms with Crippen molar-refractivity contribution in [3.05, 3.63) is 101 Å². The Kier molecular flexibility index (Phi) is 6.73. The first-order valence-corrected chi connectivity index (χ1v) is 11.0. The van der Waals surface area contributed by atoms with Crippen molar-refractivity contribution in [2.45, 2.75) is 31.8 Å². The second-order valence-corrected chi connectivity index (χ2v) is 8.27. The van der Waals surface area contributed by atoms with Gasteiger partial charge in [-0.3, -0.25) is 4.79 Å². The van der Waals surface area contributed by atoms with Gasteiger partial charge in [-0.15, -0.1) is 0 Å². The van der Waals surface area contributed by atoms with Gasteiger partial charge < -0.3 is 15.0 Å². The molecule has 4 rings (SSSR count). The molecule has 33 heavy (non-hydrogen) atoms. The van der Waals surface area contributed by atoms with E-state index in [1.165, 1.54) is 13.2 Å². The van der Waals surface area contributed by atoms with E-state index in [1.54, 1.807) is 36.4 Å². The molecular formula is C27H27FN2O3. The first kappa shape index (κ1) is 22.5. The number of carbonyl (C=O) groups is 2. The Morgan fingerprint density at radius 1 is 1.06 bits per heavy atom. The summed E-state index contributed by atoms with van der Waals surface area (Å²) in [6, 6.07) is 20.3. The van der Waals surface area contributed by atoms with Gasteiger partial charge in [0, 0.05) is 6.54 Å². The zero-order valence-electron chi connectivity index (χ0n) is 18.8. The minimum absolute atomic E-state index is 0.131. The number of carbonyl (C=O) groups excluding carboxylic acids is 2. The van der Waals surface area contributed by atoms with Crippen molar-refractivity contribution in [1.82, 2.24) is 4.90 Å². The average molecular weight is 447 g/mol. The summed E-state index contributed by atoms with van der Waals surface area (Å²) in [5.41, 5.74) is 3.46. The van der Waals surface area contributed by atoms with Gasteiger partial charge in [0.1, 0.15) is 11.9 Å². The molecule has 1 fully saturated rings. The number of ether oxygens (including phenoxy) is 1. The number of hydrogen-bond donors (Lipinski definition) is 1. The van der Waals surface area contributed by atoms with E-state index in [4.69, 9.17) is 4.74 Å². The second kappa shape index (κ2) is 9.86. The first-order chi connectivity index (χ1) is 16.0. The highest BCUT2D eigenvalue weighted by Gasteiger charge is 2.35. The van der Waals surface area contributed by atoms with Crippen LogP contribution in [0.3, 0.4) is 0 Å². The molecule has 1 N–H and O–H groups in total. The summed E-state index contributed by atoms with van der Waals surface area (Å²) in [6.45, 7) is 2.57. The van der Waals surface area contributed by atoms with Crippen LogP contribution in [-0.4, -0.2) is 30.4 Å². The number of methoxy groups -OCH3 is 1. The lowest BCUT2D eigenvalue weighted by Gasteiger charge is -2.30. The van der Waals surface area contributed by atoms with Gasteiger partial charge >= 0.3 is 5.97 Å². The lowest BCUT2D eigenvalue weighted by Crippen LogP contribution is -2.37. The number of hydrogen-bond acceptors (Lipinski definition) is 4. The topological polar surface area (TPSA) is 58.6 Å². The quantitative estimate of drug-likeness (QED) is 0.513. The highest BCUT2D eigenvalue weighted by atomic mass is 19.1. The smallest absolute Gasteiger partial charge is 0.337 e. The predicted octanol–water partition coefficient (Wildman–Crippen LogP) is 5.44. The Morgan fingerprint density at radius 2 is 1.82 bits per heavy atom. The number of aryl methyl sites for hydroxylation is 1. The minimum atomic E-state index is -0.744. The summed E-state index contributed by atoms with van der Waals surface area (Å²) in [5, 5.41) is 3.13. The van der Waals surface area contributed by atoms with Gasteiger partial charge in [0.25, 0.3) is 0 Å². The molecule has 3 aromatic rings. The van der Waals surface area contributed by atoms with Gasteiger partial charge in [-0.2, -0.15) is 0 Å². The van der Waals surface area contributed by atoms with Crippen molar-refractivity contribution in [3.8, 4) is 0 Å². The van der Waals surface area contributed by atoms with Gasteiger partial charge in [0.05, 0.1) is 24.4 Å². The summed E-state index contributed by atoms with van der Waals surface area (Å²) in [7, 11) is 1.35. The third-order valence-electron chi connectivity index (χ3n) is 6.06. The Labute approximate surface area is 193 Å².